The maximum atomic E-state index is 12.3. The molecule has 0 saturated carbocycles. The summed E-state index contributed by atoms with van der Waals surface area (Å²) in [6.07, 6.45) is 4.03. The lowest BCUT2D eigenvalue weighted by Crippen LogP contribution is -2.52. The highest BCUT2D eigenvalue weighted by Crippen LogP contribution is 2.25. The minimum absolute atomic E-state index is 0.275. The van der Waals surface area contributed by atoms with Crippen molar-refractivity contribution in [2.75, 3.05) is 20.8 Å². The van der Waals surface area contributed by atoms with Gasteiger partial charge >= 0.3 is 5.97 Å². The Labute approximate surface area is 133 Å². The Morgan fingerprint density at radius 2 is 1.86 bits per heavy atom. The van der Waals surface area contributed by atoms with Gasteiger partial charge in [-0.05, 0) is 31.0 Å². The first-order valence-corrected chi connectivity index (χ1v) is 7.20. The summed E-state index contributed by atoms with van der Waals surface area (Å²) < 4.78 is 10.2. The van der Waals surface area contributed by atoms with E-state index in [1.807, 2.05) is 36.1 Å². The molecule has 0 heterocycles. The lowest BCUT2D eigenvalue weighted by atomic mass is 9.94. The zero-order valence-electron chi connectivity index (χ0n) is 13.7. The molecule has 1 rings (SSSR count). The van der Waals surface area contributed by atoms with E-state index in [4.69, 9.17) is 9.47 Å². The van der Waals surface area contributed by atoms with E-state index in [1.165, 1.54) is 7.11 Å². The summed E-state index contributed by atoms with van der Waals surface area (Å²) in [4.78, 5) is 14.3. The molecule has 0 bridgehead atoms. The number of esters is 1. The van der Waals surface area contributed by atoms with E-state index in [0.717, 1.165) is 11.3 Å². The van der Waals surface area contributed by atoms with E-state index in [1.54, 1.807) is 19.3 Å². The molecule has 4 nitrogen and oxygen atoms in total. The summed E-state index contributed by atoms with van der Waals surface area (Å²) >= 11 is 0. The number of rotatable bonds is 9. The first-order valence-electron chi connectivity index (χ1n) is 7.20. The first kappa shape index (κ1) is 18.0. The predicted octanol–water partition coefficient (Wildman–Crippen LogP) is 3.19. The van der Waals surface area contributed by atoms with Crippen LogP contribution in [0, 0.1) is 0 Å². The number of methoxy groups -OCH3 is 2. The van der Waals surface area contributed by atoms with Crippen LogP contribution in [-0.4, -0.2) is 37.2 Å². The minimum Gasteiger partial charge on any atom is -0.497 e. The van der Waals surface area contributed by atoms with Crippen LogP contribution in [-0.2, 0) is 16.1 Å². The summed E-state index contributed by atoms with van der Waals surface area (Å²) in [5, 5.41) is 0. The van der Waals surface area contributed by atoms with E-state index >= 15 is 0 Å². The number of nitrogens with zero attached hydrogens (tertiary/aromatic N) is 1. The third-order valence-electron chi connectivity index (χ3n) is 3.75. The lowest BCUT2D eigenvalue weighted by molar-refractivity contribution is -0.154. The number of ether oxygens (including phenoxy) is 2. The molecule has 1 atom stereocenters. The van der Waals surface area contributed by atoms with Crippen molar-refractivity contribution in [2.24, 2.45) is 0 Å². The van der Waals surface area contributed by atoms with Crippen LogP contribution in [0.2, 0.25) is 0 Å². The third-order valence-corrected chi connectivity index (χ3v) is 3.75. The van der Waals surface area contributed by atoms with Crippen LogP contribution in [0.5, 0.6) is 5.75 Å². The monoisotopic (exact) mass is 303 g/mol. The van der Waals surface area contributed by atoms with Gasteiger partial charge in [0.05, 0.1) is 14.2 Å². The SMILES string of the molecule is C=CCN(Cc1ccc(OC)cc1)[C@](C)(CC=C)C(=O)OC. The zero-order chi connectivity index (χ0) is 16.6. The molecule has 0 aliphatic carbocycles. The van der Waals surface area contributed by atoms with Gasteiger partial charge in [0, 0.05) is 13.1 Å². The summed E-state index contributed by atoms with van der Waals surface area (Å²) in [5.74, 6) is 0.531. The highest BCUT2D eigenvalue weighted by molar-refractivity contribution is 5.80. The molecule has 22 heavy (non-hydrogen) atoms. The smallest absolute Gasteiger partial charge is 0.326 e. The molecule has 120 valence electrons. The van der Waals surface area contributed by atoms with Gasteiger partial charge in [0.15, 0.2) is 0 Å². The van der Waals surface area contributed by atoms with Crippen LogP contribution in [0.3, 0.4) is 0 Å². The Bertz CT molecular complexity index is 510. The highest BCUT2D eigenvalue weighted by atomic mass is 16.5. The zero-order valence-corrected chi connectivity index (χ0v) is 13.7. The molecule has 0 radical (unpaired) electrons. The Balaban J connectivity index is 3.05. The average molecular weight is 303 g/mol. The van der Waals surface area contributed by atoms with Gasteiger partial charge in [-0.3, -0.25) is 9.69 Å². The Morgan fingerprint density at radius 1 is 1.23 bits per heavy atom. The molecule has 0 saturated heterocycles. The molecule has 0 spiro atoms. The number of hydrogen-bond donors (Lipinski definition) is 0. The average Bonchev–Trinajstić information content (AvgIpc) is 2.54. The lowest BCUT2D eigenvalue weighted by Gasteiger charge is -2.37. The van der Waals surface area contributed by atoms with Crippen molar-refractivity contribution in [1.82, 2.24) is 4.90 Å². The van der Waals surface area contributed by atoms with E-state index < -0.39 is 5.54 Å². The Kier molecular flexibility index (Phi) is 6.86. The topological polar surface area (TPSA) is 38.8 Å². The molecule has 0 aliphatic heterocycles. The third kappa shape index (κ3) is 4.21. The van der Waals surface area contributed by atoms with Crippen molar-refractivity contribution in [3.63, 3.8) is 0 Å². The van der Waals surface area contributed by atoms with Crippen molar-refractivity contribution in [1.29, 1.82) is 0 Å². The molecule has 1 aromatic carbocycles. The van der Waals surface area contributed by atoms with Crippen molar-refractivity contribution < 1.29 is 14.3 Å². The Hall–Kier alpha value is -2.07. The van der Waals surface area contributed by atoms with Gasteiger partial charge in [0.2, 0.25) is 0 Å². The van der Waals surface area contributed by atoms with E-state index in [9.17, 15) is 4.79 Å². The van der Waals surface area contributed by atoms with E-state index in [-0.39, 0.29) is 5.97 Å². The Morgan fingerprint density at radius 3 is 2.32 bits per heavy atom. The predicted molar refractivity (Wildman–Crippen MR) is 88.8 cm³/mol. The van der Waals surface area contributed by atoms with Crippen LogP contribution in [0.25, 0.3) is 0 Å². The van der Waals surface area contributed by atoms with Crippen LogP contribution in [0.15, 0.2) is 49.6 Å². The summed E-state index contributed by atoms with van der Waals surface area (Å²) in [6, 6.07) is 7.79. The molecule has 0 aliphatic rings. The molecule has 0 unspecified atom stereocenters. The molecule has 4 heteroatoms. The number of carbonyl (C=O) groups is 1. The summed E-state index contributed by atoms with van der Waals surface area (Å²) in [5.41, 5.74) is 0.312. The standard InChI is InChI=1S/C18H25NO3/c1-6-12-18(3,17(20)22-5)19(13-7-2)14-15-8-10-16(21-4)11-9-15/h6-11H,1-2,12-14H2,3-5H3/t18-/m1/s1. The first-order chi connectivity index (χ1) is 10.5. The van der Waals surface area contributed by atoms with Gasteiger partial charge in [-0.25, -0.2) is 0 Å². The van der Waals surface area contributed by atoms with Crippen molar-refractivity contribution in [2.45, 2.75) is 25.4 Å². The number of carbonyl (C=O) groups excluding carboxylic acids is 1. The van der Waals surface area contributed by atoms with E-state index in [0.29, 0.717) is 19.5 Å². The van der Waals surface area contributed by atoms with Crippen LogP contribution < -0.4 is 4.74 Å². The normalized spacial score (nSPS) is 13.3. The van der Waals surface area contributed by atoms with Crippen LogP contribution in [0.1, 0.15) is 18.9 Å². The molecule has 1 aromatic rings. The second-order valence-corrected chi connectivity index (χ2v) is 5.28. The van der Waals surface area contributed by atoms with Gasteiger partial charge in [-0.15, -0.1) is 13.2 Å². The maximum absolute atomic E-state index is 12.3. The van der Waals surface area contributed by atoms with Crippen molar-refractivity contribution >= 4 is 5.97 Å². The van der Waals surface area contributed by atoms with Crippen LogP contribution >= 0.6 is 0 Å². The second kappa shape index (κ2) is 8.39. The molecular weight excluding hydrogens is 278 g/mol. The number of hydrogen-bond acceptors (Lipinski definition) is 4. The quantitative estimate of drug-likeness (QED) is 0.519. The van der Waals surface area contributed by atoms with Crippen molar-refractivity contribution in [3.8, 4) is 5.75 Å². The van der Waals surface area contributed by atoms with Gasteiger partial charge in [-0.1, -0.05) is 24.3 Å². The molecule has 0 amide bonds. The minimum atomic E-state index is -0.773. The second-order valence-electron chi connectivity index (χ2n) is 5.28. The molecule has 0 fully saturated rings. The van der Waals surface area contributed by atoms with Crippen LogP contribution in [0.4, 0.5) is 0 Å². The van der Waals surface area contributed by atoms with Crippen molar-refractivity contribution in [3.05, 3.63) is 55.1 Å². The fraction of sp³-hybridized carbons (Fsp3) is 0.389. The largest absolute Gasteiger partial charge is 0.497 e. The highest BCUT2D eigenvalue weighted by Gasteiger charge is 2.38. The van der Waals surface area contributed by atoms with Gasteiger partial charge < -0.3 is 9.47 Å². The summed E-state index contributed by atoms with van der Waals surface area (Å²) in [6.45, 7) is 10.6. The summed E-state index contributed by atoms with van der Waals surface area (Å²) in [7, 11) is 3.04. The fourth-order valence-corrected chi connectivity index (χ4v) is 2.39. The van der Waals surface area contributed by atoms with E-state index in [2.05, 4.69) is 13.2 Å². The van der Waals surface area contributed by atoms with Gasteiger partial charge in [0.1, 0.15) is 11.3 Å². The molecule has 0 N–H and O–H groups in total. The number of benzene rings is 1. The maximum Gasteiger partial charge on any atom is 0.326 e. The van der Waals surface area contributed by atoms with Gasteiger partial charge in [0.25, 0.3) is 0 Å². The fourth-order valence-electron chi connectivity index (χ4n) is 2.39. The molecule has 0 aromatic heterocycles. The molecular formula is C18H25NO3. The van der Waals surface area contributed by atoms with Gasteiger partial charge in [-0.2, -0.15) is 0 Å².